The lowest BCUT2D eigenvalue weighted by Gasteiger charge is -2.39. The minimum absolute atomic E-state index is 0.119. The number of hydrogen-bond acceptors (Lipinski definition) is 3. The average molecular weight is 295 g/mol. The van der Waals surface area contributed by atoms with Crippen molar-refractivity contribution in [2.45, 2.75) is 43.7 Å². The van der Waals surface area contributed by atoms with Gasteiger partial charge in [-0.1, -0.05) is 55.5 Å². The SMILES string of the molecule is C#CCOC1(c2ccccc2)CCCCCC1n1cncn1. The molecule has 0 N–H and O–H groups in total. The summed E-state index contributed by atoms with van der Waals surface area (Å²) in [5.74, 6) is 2.63. The van der Waals surface area contributed by atoms with E-state index in [-0.39, 0.29) is 6.04 Å². The van der Waals surface area contributed by atoms with Crippen LogP contribution in [0.5, 0.6) is 0 Å². The van der Waals surface area contributed by atoms with Gasteiger partial charge in [0.15, 0.2) is 0 Å². The maximum atomic E-state index is 6.30. The third kappa shape index (κ3) is 2.77. The lowest BCUT2D eigenvalue weighted by atomic mass is 9.82. The molecule has 0 amide bonds. The van der Waals surface area contributed by atoms with E-state index in [0.717, 1.165) is 19.3 Å². The van der Waals surface area contributed by atoms with Crippen molar-refractivity contribution in [3.63, 3.8) is 0 Å². The molecule has 22 heavy (non-hydrogen) atoms. The van der Waals surface area contributed by atoms with Gasteiger partial charge in [0, 0.05) is 0 Å². The number of ether oxygens (including phenoxy) is 1. The van der Waals surface area contributed by atoms with Crippen LogP contribution in [0.3, 0.4) is 0 Å². The van der Waals surface area contributed by atoms with Crippen LogP contribution < -0.4 is 0 Å². The van der Waals surface area contributed by atoms with Crippen molar-refractivity contribution in [1.82, 2.24) is 14.8 Å². The quantitative estimate of drug-likeness (QED) is 0.641. The Labute approximate surface area is 131 Å². The summed E-state index contributed by atoms with van der Waals surface area (Å²) >= 11 is 0. The highest BCUT2D eigenvalue weighted by atomic mass is 16.5. The van der Waals surface area contributed by atoms with E-state index in [9.17, 15) is 0 Å². The first kappa shape index (κ1) is 14.8. The second-order valence-corrected chi connectivity index (χ2v) is 5.74. The summed E-state index contributed by atoms with van der Waals surface area (Å²) in [6.45, 7) is 0.306. The largest absolute Gasteiger partial charge is 0.355 e. The molecule has 114 valence electrons. The molecule has 1 fully saturated rings. The van der Waals surface area contributed by atoms with E-state index in [2.05, 4.69) is 40.3 Å². The van der Waals surface area contributed by atoms with Crippen LogP contribution in [0.15, 0.2) is 43.0 Å². The molecule has 0 radical (unpaired) electrons. The van der Waals surface area contributed by atoms with Gasteiger partial charge >= 0.3 is 0 Å². The third-order valence-corrected chi connectivity index (χ3v) is 4.50. The standard InChI is InChI=1S/C18H21N3O/c1-2-13-22-18(16-9-5-3-6-10-16)12-8-4-7-11-17(18)21-15-19-14-20-21/h1,3,5-6,9-10,14-15,17H,4,7-8,11-13H2. The van der Waals surface area contributed by atoms with Crippen molar-refractivity contribution < 1.29 is 4.74 Å². The molecule has 1 heterocycles. The van der Waals surface area contributed by atoms with E-state index in [0.29, 0.717) is 6.61 Å². The normalized spacial score (nSPS) is 25.3. The lowest BCUT2D eigenvalue weighted by Crippen LogP contribution is -2.39. The Morgan fingerprint density at radius 1 is 1.27 bits per heavy atom. The smallest absolute Gasteiger partial charge is 0.137 e. The van der Waals surface area contributed by atoms with Gasteiger partial charge in [-0.3, -0.25) is 0 Å². The van der Waals surface area contributed by atoms with E-state index in [1.165, 1.54) is 18.4 Å². The molecule has 1 aliphatic carbocycles. The summed E-state index contributed by atoms with van der Waals surface area (Å²) in [7, 11) is 0. The fourth-order valence-corrected chi connectivity index (χ4v) is 3.51. The molecule has 4 nitrogen and oxygen atoms in total. The maximum Gasteiger partial charge on any atom is 0.137 e. The number of nitrogens with zero attached hydrogens (tertiary/aromatic N) is 3. The first-order valence-corrected chi connectivity index (χ1v) is 7.84. The second-order valence-electron chi connectivity index (χ2n) is 5.74. The summed E-state index contributed by atoms with van der Waals surface area (Å²) in [4.78, 5) is 4.12. The van der Waals surface area contributed by atoms with Gasteiger partial charge in [-0.05, 0) is 18.4 Å². The summed E-state index contributed by atoms with van der Waals surface area (Å²) in [6, 6.07) is 10.5. The summed E-state index contributed by atoms with van der Waals surface area (Å²) in [5.41, 5.74) is 0.741. The Hall–Kier alpha value is -2.12. The number of rotatable bonds is 4. The number of hydrogen-bond donors (Lipinski definition) is 0. The molecular weight excluding hydrogens is 274 g/mol. The van der Waals surface area contributed by atoms with Gasteiger partial charge in [0.1, 0.15) is 24.9 Å². The summed E-state index contributed by atoms with van der Waals surface area (Å²) in [5, 5.41) is 4.38. The fraction of sp³-hybridized carbons (Fsp3) is 0.444. The molecule has 0 aliphatic heterocycles. The van der Waals surface area contributed by atoms with Gasteiger partial charge in [0.2, 0.25) is 0 Å². The van der Waals surface area contributed by atoms with Crippen LogP contribution in [0, 0.1) is 12.3 Å². The number of benzene rings is 1. The Balaban J connectivity index is 2.08. The minimum Gasteiger partial charge on any atom is -0.355 e. The highest BCUT2D eigenvalue weighted by Gasteiger charge is 2.43. The van der Waals surface area contributed by atoms with E-state index in [4.69, 9.17) is 11.2 Å². The van der Waals surface area contributed by atoms with Crippen LogP contribution in [0.4, 0.5) is 0 Å². The Bertz CT molecular complexity index is 618. The van der Waals surface area contributed by atoms with Crippen LogP contribution in [-0.4, -0.2) is 21.4 Å². The van der Waals surface area contributed by atoms with Crippen LogP contribution in [0.25, 0.3) is 0 Å². The van der Waals surface area contributed by atoms with Crippen LogP contribution in [-0.2, 0) is 10.3 Å². The van der Waals surface area contributed by atoms with E-state index >= 15 is 0 Å². The molecule has 0 bridgehead atoms. The first-order chi connectivity index (χ1) is 10.9. The predicted octanol–water partition coefficient (Wildman–Crippen LogP) is 3.33. The Kier molecular flexibility index (Phi) is 4.55. The molecule has 3 rings (SSSR count). The Morgan fingerprint density at radius 2 is 2.14 bits per heavy atom. The van der Waals surface area contributed by atoms with E-state index in [1.807, 2.05) is 10.7 Å². The van der Waals surface area contributed by atoms with E-state index < -0.39 is 5.60 Å². The van der Waals surface area contributed by atoms with Gasteiger partial charge in [0.05, 0.1) is 6.04 Å². The van der Waals surface area contributed by atoms with Crippen molar-refractivity contribution in [2.75, 3.05) is 6.61 Å². The molecule has 1 aromatic heterocycles. The van der Waals surface area contributed by atoms with Crippen LogP contribution in [0.1, 0.15) is 43.7 Å². The zero-order valence-corrected chi connectivity index (χ0v) is 12.7. The van der Waals surface area contributed by atoms with E-state index in [1.54, 1.807) is 12.7 Å². The number of terminal acetylenes is 1. The molecule has 4 heteroatoms. The average Bonchev–Trinajstić information content (AvgIpc) is 3.01. The van der Waals surface area contributed by atoms with Gasteiger partial charge in [-0.2, -0.15) is 5.10 Å². The molecule has 2 aromatic rings. The van der Waals surface area contributed by atoms with Crippen molar-refractivity contribution >= 4 is 0 Å². The monoisotopic (exact) mass is 295 g/mol. The molecule has 0 spiro atoms. The first-order valence-electron chi connectivity index (χ1n) is 7.84. The minimum atomic E-state index is -0.433. The molecule has 1 saturated carbocycles. The third-order valence-electron chi connectivity index (χ3n) is 4.50. The Morgan fingerprint density at radius 3 is 2.86 bits per heavy atom. The van der Waals surface area contributed by atoms with Gasteiger partial charge in [-0.25, -0.2) is 9.67 Å². The highest BCUT2D eigenvalue weighted by Crippen LogP contribution is 2.46. The zero-order valence-electron chi connectivity index (χ0n) is 12.7. The zero-order chi connectivity index (χ0) is 15.3. The van der Waals surface area contributed by atoms with Crippen LogP contribution in [0.2, 0.25) is 0 Å². The molecule has 2 unspecified atom stereocenters. The summed E-state index contributed by atoms with van der Waals surface area (Å²) in [6.07, 6.45) is 14.3. The van der Waals surface area contributed by atoms with Gasteiger partial charge in [-0.15, -0.1) is 6.42 Å². The highest BCUT2D eigenvalue weighted by molar-refractivity contribution is 5.25. The van der Waals surface area contributed by atoms with Crippen molar-refractivity contribution in [1.29, 1.82) is 0 Å². The van der Waals surface area contributed by atoms with Crippen molar-refractivity contribution in [3.8, 4) is 12.3 Å². The second kappa shape index (κ2) is 6.76. The fourth-order valence-electron chi connectivity index (χ4n) is 3.51. The van der Waals surface area contributed by atoms with Gasteiger partial charge < -0.3 is 4.74 Å². The predicted molar refractivity (Wildman–Crippen MR) is 85.0 cm³/mol. The molecule has 1 aromatic carbocycles. The van der Waals surface area contributed by atoms with Crippen molar-refractivity contribution in [3.05, 3.63) is 48.5 Å². The van der Waals surface area contributed by atoms with Gasteiger partial charge in [0.25, 0.3) is 0 Å². The summed E-state index contributed by atoms with van der Waals surface area (Å²) < 4.78 is 8.24. The molecule has 2 atom stereocenters. The maximum absolute atomic E-state index is 6.30. The molecule has 0 saturated heterocycles. The topological polar surface area (TPSA) is 39.9 Å². The lowest BCUT2D eigenvalue weighted by molar-refractivity contribution is -0.0827. The molecule has 1 aliphatic rings. The molecular formula is C18H21N3O. The number of aromatic nitrogens is 3. The van der Waals surface area contributed by atoms with Crippen LogP contribution >= 0.6 is 0 Å². The van der Waals surface area contributed by atoms with Crippen molar-refractivity contribution in [2.24, 2.45) is 0 Å².